The topological polar surface area (TPSA) is 74.8 Å². The number of aromatic nitrogens is 2. The van der Waals surface area contributed by atoms with Gasteiger partial charge < -0.3 is 5.32 Å². The Bertz CT molecular complexity index is 274. The predicted octanol–water partition coefficient (Wildman–Crippen LogP) is -0.0200. The van der Waals surface area contributed by atoms with Crippen molar-refractivity contribution in [2.24, 2.45) is 0 Å². The lowest BCUT2D eigenvalue weighted by Crippen LogP contribution is -2.19. The second kappa shape index (κ2) is 2.96. The molecule has 0 spiro atoms. The van der Waals surface area contributed by atoms with Crippen molar-refractivity contribution in [1.29, 1.82) is 0 Å². The first-order valence-electron chi connectivity index (χ1n) is 2.96. The first-order chi connectivity index (χ1) is 5.24. The minimum absolute atomic E-state index is 0.0417. The van der Waals surface area contributed by atoms with Crippen molar-refractivity contribution in [3.8, 4) is 5.75 Å². The fraction of sp³-hybridized carbons (Fsp3) is 0.167. The van der Waals surface area contributed by atoms with Gasteiger partial charge in [0.1, 0.15) is 0 Å². The molecule has 5 heteroatoms. The molecular weight excluding hydrogens is 146 g/mol. The van der Waals surface area contributed by atoms with Crippen LogP contribution in [0.15, 0.2) is 12.3 Å². The number of nitrogens with one attached hydrogen (secondary N) is 1. The smallest absolute Gasteiger partial charge is 0.271 e. The quantitative estimate of drug-likeness (QED) is 0.614. The zero-order valence-corrected chi connectivity index (χ0v) is 5.87. The fourth-order valence-electron chi connectivity index (χ4n) is 0.588. The zero-order chi connectivity index (χ0) is 8.27. The monoisotopic (exact) mass is 152 g/mol. The number of rotatable bonds is 1. The summed E-state index contributed by atoms with van der Waals surface area (Å²) < 4.78 is 0. The van der Waals surface area contributed by atoms with Crippen LogP contribution in [0.5, 0.6) is 5.75 Å². The lowest BCUT2D eigenvalue weighted by atomic mass is 10.3. The van der Waals surface area contributed by atoms with Crippen LogP contribution < -0.4 is 5.32 Å². The highest BCUT2D eigenvalue weighted by atomic mass is 16.3. The number of hydrogen-bond acceptors (Lipinski definition) is 3. The van der Waals surface area contributed by atoms with Crippen molar-refractivity contribution in [3.05, 3.63) is 18.0 Å². The van der Waals surface area contributed by atoms with Gasteiger partial charge in [-0.25, -0.2) is 0 Å². The van der Waals surface area contributed by atoms with E-state index in [1.54, 1.807) is 0 Å². The number of carbonyl (C=O) groups excluding carboxylic acids is 1. The molecule has 11 heavy (non-hydrogen) atoms. The Morgan fingerprint density at radius 2 is 2.36 bits per heavy atom. The Labute approximate surface area is 63.1 Å². The molecule has 0 aromatic carbocycles. The Hall–Kier alpha value is -1.65. The molecule has 0 aliphatic rings. The van der Waals surface area contributed by atoms with E-state index in [9.17, 15) is 9.90 Å². The van der Waals surface area contributed by atoms with Crippen LogP contribution in [0.2, 0.25) is 0 Å². The SMILES string of the molecule is CNC(=O)c1cc([O])cnn1. The van der Waals surface area contributed by atoms with E-state index in [0.29, 0.717) is 0 Å². The summed E-state index contributed by atoms with van der Waals surface area (Å²) in [7, 11) is 1.46. The van der Waals surface area contributed by atoms with E-state index < -0.39 is 5.91 Å². The first kappa shape index (κ1) is 7.46. The van der Waals surface area contributed by atoms with Gasteiger partial charge in [0, 0.05) is 13.1 Å². The van der Waals surface area contributed by atoms with Crippen molar-refractivity contribution < 1.29 is 9.90 Å². The molecule has 5 nitrogen and oxygen atoms in total. The highest BCUT2D eigenvalue weighted by molar-refractivity contribution is 5.92. The van der Waals surface area contributed by atoms with Crippen molar-refractivity contribution in [1.82, 2.24) is 15.5 Å². The Morgan fingerprint density at radius 3 is 2.91 bits per heavy atom. The van der Waals surface area contributed by atoms with E-state index in [2.05, 4.69) is 15.5 Å². The summed E-state index contributed by atoms with van der Waals surface area (Å²) in [6.07, 6.45) is 1.05. The van der Waals surface area contributed by atoms with Crippen molar-refractivity contribution >= 4 is 5.91 Å². The van der Waals surface area contributed by atoms with Gasteiger partial charge in [0.2, 0.25) is 5.75 Å². The van der Waals surface area contributed by atoms with Crippen LogP contribution in [0.4, 0.5) is 0 Å². The second-order valence-electron chi connectivity index (χ2n) is 1.86. The Kier molecular flexibility index (Phi) is 2.00. The molecule has 1 radical (unpaired) electrons. The van der Waals surface area contributed by atoms with Crippen LogP contribution >= 0.6 is 0 Å². The van der Waals surface area contributed by atoms with Gasteiger partial charge in [-0.1, -0.05) is 0 Å². The predicted molar refractivity (Wildman–Crippen MR) is 35.6 cm³/mol. The maximum atomic E-state index is 10.8. The van der Waals surface area contributed by atoms with Gasteiger partial charge in [0.15, 0.2) is 5.69 Å². The molecule has 0 unspecified atom stereocenters. The van der Waals surface area contributed by atoms with E-state index in [-0.39, 0.29) is 11.4 Å². The first-order valence-corrected chi connectivity index (χ1v) is 2.96. The summed E-state index contributed by atoms with van der Waals surface area (Å²) in [5.74, 6) is -0.728. The van der Waals surface area contributed by atoms with Crippen LogP contribution in [-0.2, 0) is 5.11 Å². The lowest BCUT2D eigenvalue weighted by molar-refractivity contribution is 0.0956. The van der Waals surface area contributed by atoms with Gasteiger partial charge in [-0.15, -0.1) is 5.10 Å². The van der Waals surface area contributed by atoms with Crippen molar-refractivity contribution in [3.63, 3.8) is 0 Å². The Morgan fingerprint density at radius 1 is 1.64 bits per heavy atom. The van der Waals surface area contributed by atoms with Crippen molar-refractivity contribution in [2.45, 2.75) is 0 Å². The van der Waals surface area contributed by atoms with E-state index in [0.717, 1.165) is 12.3 Å². The van der Waals surface area contributed by atoms with E-state index >= 15 is 0 Å². The van der Waals surface area contributed by atoms with Gasteiger partial charge >= 0.3 is 0 Å². The van der Waals surface area contributed by atoms with Crippen LogP contribution in [0, 0.1) is 0 Å². The molecule has 57 valence electrons. The van der Waals surface area contributed by atoms with E-state index in [4.69, 9.17) is 0 Å². The number of carbonyl (C=O) groups is 1. The molecule has 0 saturated carbocycles. The summed E-state index contributed by atoms with van der Waals surface area (Å²) in [4.78, 5) is 10.8. The van der Waals surface area contributed by atoms with E-state index in [1.165, 1.54) is 7.05 Å². The highest BCUT2D eigenvalue weighted by Crippen LogP contribution is 2.05. The third kappa shape index (κ3) is 1.64. The van der Waals surface area contributed by atoms with Gasteiger partial charge in [0.25, 0.3) is 5.91 Å². The van der Waals surface area contributed by atoms with Crippen LogP contribution in [0.25, 0.3) is 0 Å². The molecule has 1 amide bonds. The summed E-state index contributed by atoms with van der Waals surface area (Å²) >= 11 is 0. The van der Waals surface area contributed by atoms with Crippen LogP contribution in [0.1, 0.15) is 10.5 Å². The molecule has 0 saturated heterocycles. The van der Waals surface area contributed by atoms with Gasteiger partial charge in [-0.05, 0) is 0 Å². The minimum atomic E-state index is -0.407. The minimum Gasteiger partial charge on any atom is -0.354 e. The zero-order valence-electron chi connectivity index (χ0n) is 5.87. The van der Waals surface area contributed by atoms with E-state index in [1.807, 2.05) is 0 Å². The molecular formula is C6H6N3O2. The molecule has 0 aliphatic heterocycles. The molecule has 1 aromatic heterocycles. The molecule has 1 N–H and O–H groups in total. The Balaban J connectivity index is 2.96. The standard InChI is InChI=1S/C6H6N3O2/c1-7-6(11)5-2-4(10)3-8-9-5/h2-3H,1H3,(H,7,11). The maximum absolute atomic E-state index is 10.8. The van der Waals surface area contributed by atoms with Crippen LogP contribution in [0.3, 0.4) is 0 Å². The average Bonchev–Trinajstić information content (AvgIpc) is 2.03. The number of hydrogen-bond donors (Lipinski definition) is 1. The molecule has 0 atom stereocenters. The highest BCUT2D eigenvalue weighted by Gasteiger charge is 2.05. The van der Waals surface area contributed by atoms with Gasteiger partial charge in [-0.2, -0.15) is 5.10 Å². The number of amides is 1. The summed E-state index contributed by atoms with van der Waals surface area (Å²) in [6.45, 7) is 0. The molecule has 1 rings (SSSR count). The summed E-state index contributed by atoms with van der Waals surface area (Å²) in [5.41, 5.74) is 0.0417. The normalized spacial score (nSPS) is 9.18. The average molecular weight is 152 g/mol. The molecule has 0 fully saturated rings. The lowest BCUT2D eigenvalue weighted by Gasteiger charge is -1.94. The van der Waals surface area contributed by atoms with Crippen molar-refractivity contribution in [2.75, 3.05) is 7.05 Å². The van der Waals surface area contributed by atoms with Crippen LogP contribution in [-0.4, -0.2) is 23.2 Å². The van der Waals surface area contributed by atoms with Gasteiger partial charge in [0.05, 0.1) is 6.20 Å². The molecule has 0 bridgehead atoms. The maximum Gasteiger partial charge on any atom is 0.271 e. The third-order valence-corrected chi connectivity index (χ3v) is 1.09. The second-order valence-corrected chi connectivity index (χ2v) is 1.86. The molecule has 1 aromatic rings. The van der Waals surface area contributed by atoms with Gasteiger partial charge in [-0.3, -0.25) is 9.90 Å². The molecule has 1 heterocycles. The largest absolute Gasteiger partial charge is 0.354 e. The summed E-state index contributed by atoms with van der Waals surface area (Å²) in [6, 6.07) is 1.13. The fourth-order valence-corrected chi connectivity index (χ4v) is 0.588. The molecule has 0 aliphatic carbocycles. The number of nitrogens with zero attached hydrogens (tertiary/aromatic N) is 2. The summed E-state index contributed by atoms with van der Waals surface area (Å²) in [5, 5.41) is 19.7. The third-order valence-electron chi connectivity index (χ3n) is 1.09.